The van der Waals surface area contributed by atoms with Crippen LogP contribution in [0.25, 0.3) is 10.2 Å². The first-order valence-electron chi connectivity index (χ1n) is 8.57. The van der Waals surface area contributed by atoms with Crippen LogP contribution in [-0.2, 0) is 16.0 Å². The van der Waals surface area contributed by atoms with E-state index >= 15 is 0 Å². The summed E-state index contributed by atoms with van der Waals surface area (Å²) in [6.07, 6.45) is 6.09. The van der Waals surface area contributed by atoms with Gasteiger partial charge in [0.2, 0.25) is 5.91 Å². The number of para-hydroxylation sites is 1. The van der Waals surface area contributed by atoms with E-state index in [4.69, 9.17) is 4.74 Å². The Morgan fingerprint density at radius 1 is 1.35 bits per heavy atom. The van der Waals surface area contributed by atoms with Crippen LogP contribution in [0.2, 0.25) is 0 Å². The van der Waals surface area contributed by atoms with E-state index in [0.717, 1.165) is 42.8 Å². The third kappa shape index (κ3) is 3.12. The molecule has 0 spiro atoms. The molecule has 1 saturated carbocycles. The number of carbonyl (C=O) groups excluding carboxylic acids is 1. The maximum Gasteiger partial charge on any atom is 0.222 e. The maximum absolute atomic E-state index is 12.6. The van der Waals surface area contributed by atoms with E-state index < -0.39 is 0 Å². The molecule has 1 aromatic heterocycles. The fraction of sp³-hybridized carbons (Fsp3) is 0.556. The highest BCUT2D eigenvalue weighted by Gasteiger charge is 2.37. The van der Waals surface area contributed by atoms with Gasteiger partial charge >= 0.3 is 0 Å². The number of amides is 1. The summed E-state index contributed by atoms with van der Waals surface area (Å²) in [6, 6.07) is 8.55. The number of nitrogens with zero attached hydrogens (tertiary/aromatic N) is 2. The number of hydrogen-bond acceptors (Lipinski definition) is 4. The van der Waals surface area contributed by atoms with Crippen molar-refractivity contribution in [3.8, 4) is 0 Å². The van der Waals surface area contributed by atoms with Gasteiger partial charge in [-0.15, -0.1) is 11.3 Å². The van der Waals surface area contributed by atoms with Crippen molar-refractivity contribution in [1.82, 2.24) is 9.88 Å². The Kier molecular flexibility index (Phi) is 4.31. The molecule has 4 rings (SSSR count). The summed E-state index contributed by atoms with van der Waals surface area (Å²) in [7, 11) is 0. The Hall–Kier alpha value is -1.46. The number of thiazole rings is 1. The molecule has 0 unspecified atom stereocenters. The zero-order chi connectivity index (χ0) is 15.6. The monoisotopic (exact) mass is 330 g/mol. The highest BCUT2D eigenvalue weighted by molar-refractivity contribution is 7.18. The molecule has 2 heterocycles. The number of carbonyl (C=O) groups is 1. The summed E-state index contributed by atoms with van der Waals surface area (Å²) >= 11 is 1.74. The molecule has 2 aliphatic rings. The van der Waals surface area contributed by atoms with E-state index in [0.29, 0.717) is 25.0 Å². The molecule has 23 heavy (non-hydrogen) atoms. The van der Waals surface area contributed by atoms with Crippen molar-refractivity contribution in [2.45, 2.75) is 50.7 Å². The fourth-order valence-electron chi connectivity index (χ4n) is 3.80. The minimum atomic E-state index is 0.289. The van der Waals surface area contributed by atoms with Crippen molar-refractivity contribution in [3.05, 3.63) is 29.3 Å². The van der Waals surface area contributed by atoms with Gasteiger partial charge < -0.3 is 9.64 Å². The lowest BCUT2D eigenvalue weighted by Crippen LogP contribution is -2.51. The zero-order valence-corrected chi connectivity index (χ0v) is 14.1. The molecular formula is C18H22N2O2S. The van der Waals surface area contributed by atoms with Crippen LogP contribution in [0.15, 0.2) is 24.3 Å². The number of ether oxygens (including phenoxy) is 1. The van der Waals surface area contributed by atoms with Crippen LogP contribution in [-0.4, -0.2) is 41.1 Å². The van der Waals surface area contributed by atoms with Gasteiger partial charge in [0.25, 0.3) is 0 Å². The Bertz CT molecular complexity index is 666. The Morgan fingerprint density at radius 2 is 2.26 bits per heavy atom. The number of rotatable bonds is 4. The van der Waals surface area contributed by atoms with Crippen LogP contribution in [0.1, 0.15) is 37.1 Å². The summed E-state index contributed by atoms with van der Waals surface area (Å²) in [5.74, 6) is 0.298. The predicted molar refractivity (Wildman–Crippen MR) is 91.7 cm³/mol. The number of fused-ring (bicyclic) bond motifs is 2. The molecule has 122 valence electrons. The highest BCUT2D eigenvalue weighted by Crippen LogP contribution is 2.30. The standard InChI is InChI=1S/C18H22N2O2S/c21-18(20-11-12-22-15-7-3-6-14(15)20)10-4-9-17-19-13-5-1-2-8-16(13)23-17/h1-2,5,8,14-15H,3-4,6-7,9-12H2/t14-,15-/m0/s1. The Morgan fingerprint density at radius 3 is 3.17 bits per heavy atom. The van der Waals surface area contributed by atoms with Crippen LogP contribution in [0, 0.1) is 0 Å². The highest BCUT2D eigenvalue weighted by atomic mass is 32.1. The number of aromatic nitrogens is 1. The van der Waals surface area contributed by atoms with Gasteiger partial charge in [0, 0.05) is 13.0 Å². The van der Waals surface area contributed by atoms with Crippen LogP contribution >= 0.6 is 11.3 Å². The van der Waals surface area contributed by atoms with Gasteiger partial charge in [-0.25, -0.2) is 4.98 Å². The predicted octanol–water partition coefficient (Wildman–Crippen LogP) is 3.40. The average Bonchev–Trinajstić information content (AvgIpc) is 3.20. The van der Waals surface area contributed by atoms with Gasteiger partial charge in [0.1, 0.15) is 0 Å². The van der Waals surface area contributed by atoms with Gasteiger partial charge in [0.05, 0.1) is 34.0 Å². The topological polar surface area (TPSA) is 42.4 Å². The zero-order valence-electron chi connectivity index (χ0n) is 13.2. The van der Waals surface area contributed by atoms with E-state index in [-0.39, 0.29) is 6.10 Å². The van der Waals surface area contributed by atoms with Crippen LogP contribution in [0.5, 0.6) is 0 Å². The molecule has 1 aliphatic heterocycles. The third-order valence-corrected chi connectivity index (χ3v) is 6.02. The lowest BCUT2D eigenvalue weighted by atomic mass is 10.1. The summed E-state index contributed by atoms with van der Waals surface area (Å²) in [5.41, 5.74) is 1.07. The fourth-order valence-corrected chi connectivity index (χ4v) is 4.81. The summed E-state index contributed by atoms with van der Waals surface area (Å²) in [5, 5.41) is 1.14. The van der Waals surface area contributed by atoms with E-state index in [9.17, 15) is 4.79 Å². The van der Waals surface area contributed by atoms with Crippen LogP contribution in [0.3, 0.4) is 0 Å². The van der Waals surface area contributed by atoms with Crippen molar-refractivity contribution < 1.29 is 9.53 Å². The first-order valence-corrected chi connectivity index (χ1v) is 9.38. The molecule has 5 heteroatoms. The Balaban J connectivity index is 1.32. The second kappa shape index (κ2) is 6.57. The van der Waals surface area contributed by atoms with Crippen molar-refractivity contribution in [1.29, 1.82) is 0 Å². The quantitative estimate of drug-likeness (QED) is 0.863. The molecular weight excluding hydrogens is 308 g/mol. The van der Waals surface area contributed by atoms with Gasteiger partial charge in [-0.2, -0.15) is 0 Å². The minimum absolute atomic E-state index is 0.289. The molecule has 1 saturated heterocycles. The number of benzene rings is 1. The summed E-state index contributed by atoms with van der Waals surface area (Å²) in [6.45, 7) is 1.46. The average molecular weight is 330 g/mol. The van der Waals surface area contributed by atoms with Crippen molar-refractivity contribution in [3.63, 3.8) is 0 Å². The molecule has 0 bridgehead atoms. The smallest absolute Gasteiger partial charge is 0.222 e. The molecule has 0 radical (unpaired) electrons. The molecule has 2 aromatic rings. The molecule has 2 fully saturated rings. The largest absolute Gasteiger partial charge is 0.374 e. The van der Waals surface area contributed by atoms with Gasteiger partial charge in [-0.3, -0.25) is 4.79 Å². The molecule has 1 amide bonds. The second-order valence-electron chi connectivity index (χ2n) is 6.42. The van der Waals surface area contributed by atoms with Crippen LogP contribution < -0.4 is 0 Å². The first kappa shape index (κ1) is 15.1. The van der Waals surface area contributed by atoms with Gasteiger partial charge in [-0.1, -0.05) is 12.1 Å². The van der Waals surface area contributed by atoms with E-state index in [1.807, 2.05) is 12.1 Å². The molecule has 2 atom stereocenters. The van der Waals surface area contributed by atoms with E-state index in [2.05, 4.69) is 22.0 Å². The Labute approximate surface area is 140 Å². The maximum atomic E-state index is 12.6. The summed E-state index contributed by atoms with van der Waals surface area (Å²) in [4.78, 5) is 19.3. The molecule has 4 nitrogen and oxygen atoms in total. The van der Waals surface area contributed by atoms with E-state index in [1.54, 1.807) is 11.3 Å². The third-order valence-electron chi connectivity index (χ3n) is 4.92. The number of morpholine rings is 1. The molecule has 1 aromatic carbocycles. The first-order chi connectivity index (χ1) is 11.3. The number of hydrogen-bond donors (Lipinski definition) is 0. The van der Waals surface area contributed by atoms with Crippen molar-refractivity contribution in [2.75, 3.05) is 13.2 Å². The van der Waals surface area contributed by atoms with Crippen LogP contribution in [0.4, 0.5) is 0 Å². The van der Waals surface area contributed by atoms with Gasteiger partial charge in [-0.05, 0) is 44.2 Å². The minimum Gasteiger partial charge on any atom is -0.374 e. The van der Waals surface area contributed by atoms with Gasteiger partial charge in [0.15, 0.2) is 0 Å². The van der Waals surface area contributed by atoms with Crippen molar-refractivity contribution >= 4 is 27.5 Å². The molecule has 0 N–H and O–H groups in total. The van der Waals surface area contributed by atoms with E-state index in [1.165, 1.54) is 11.1 Å². The van der Waals surface area contributed by atoms with Crippen molar-refractivity contribution in [2.24, 2.45) is 0 Å². The lowest BCUT2D eigenvalue weighted by molar-refractivity contribution is -0.144. The molecule has 1 aliphatic carbocycles. The SMILES string of the molecule is O=C(CCCc1nc2ccccc2s1)N1CCO[C@H]2CCC[C@@H]21. The lowest BCUT2D eigenvalue weighted by Gasteiger charge is -2.37. The summed E-state index contributed by atoms with van der Waals surface area (Å²) < 4.78 is 7.02. The number of aryl methyl sites for hydroxylation is 1. The second-order valence-corrected chi connectivity index (χ2v) is 7.54. The normalized spacial score (nSPS) is 24.1.